The molecule has 0 aliphatic heterocycles. The third kappa shape index (κ3) is 4.51. The molecular weight excluding hydrogens is 601 g/mol. The van der Waals surface area contributed by atoms with E-state index in [0.717, 1.165) is 22.3 Å². The van der Waals surface area contributed by atoms with Crippen molar-refractivity contribution in [1.82, 2.24) is 0 Å². The van der Waals surface area contributed by atoms with E-state index in [9.17, 15) is 0 Å². The maximum atomic E-state index is 6.00. The van der Waals surface area contributed by atoms with Gasteiger partial charge in [-0.1, -0.05) is 75.6 Å². The zero-order chi connectivity index (χ0) is 35.0. The zero-order valence-electron chi connectivity index (χ0n) is 30.6. The van der Waals surface area contributed by atoms with Crippen LogP contribution in [0.1, 0.15) is 149 Å². The fourth-order valence-corrected chi connectivity index (χ4v) is 16.0. The minimum absolute atomic E-state index is 0.0786. The first-order valence-electron chi connectivity index (χ1n) is 18.9. The fraction of sp³-hybridized carbons (Fsp3) is 0.480. The molecular formula is C50H50. The highest BCUT2D eigenvalue weighted by molar-refractivity contribution is 5.52. The Labute approximate surface area is 301 Å². The molecule has 0 saturated heterocycles. The fourth-order valence-electron chi connectivity index (χ4n) is 16.0. The molecule has 0 spiro atoms. The van der Waals surface area contributed by atoms with Gasteiger partial charge in [-0.3, -0.25) is 0 Å². The van der Waals surface area contributed by atoms with E-state index >= 15 is 0 Å². The van der Waals surface area contributed by atoms with Crippen LogP contribution in [0.4, 0.5) is 0 Å². The van der Waals surface area contributed by atoms with E-state index in [0.29, 0.717) is 0 Å². The van der Waals surface area contributed by atoms with Crippen LogP contribution in [-0.4, -0.2) is 0 Å². The summed E-state index contributed by atoms with van der Waals surface area (Å²) in [5.74, 6) is 11.7. The van der Waals surface area contributed by atoms with Gasteiger partial charge in [0.05, 0.1) is 0 Å². The summed E-state index contributed by atoms with van der Waals surface area (Å²) in [5.41, 5.74) is 11.1. The number of benzene rings is 3. The molecule has 4 atom stereocenters. The monoisotopic (exact) mass is 650 g/mol. The topological polar surface area (TPSA) is 0 Å². The third-order valence-electron chi connectivity index (χ3n) is 15.0. The molecule has 4 unspecified atom stereocenters. The number of hydrogen-bond donors (Lipinski definition) is 0. The lowest BCUT2D eigenvalue weighted by Crippen LogP contribution is -2.63. The average Bonchev–Trinajstić information content (AvgIpc) is 3.04. The van der Waals surface area contributed by atoms with Crippen LogP contribution >= 0.6 is 0 Å². The lowest BCUT2D eigenvalue weighted by Gasteiger charge is -2.71. The van der Waals surface area contributed by atoms with Crippen molar-refractivity contribution in [1.29, 1.82) is 0 Å². The smallest absolute Gasteiger partial charge is 0.0257 e. The summed E-state index contributed by atoms with van der Waals surface area (Å²) in [5, 5.41) is 0. The largest absolute Gasteiger partial charge is 0.115 e. The van der Waals surface area contributed by atoms with Gasteiger partial charge in [0.25, 0.3) is 0 Å². The van der Waals surface area contributed by atoms with E-state index in [4.69, 9.17) is 25.7 Å². The molecule has 0 heteroatoms. The van der Waals surface area contributed by atoms with Gasteiger partial charge < -0.3 is 0 Å². The van der Waals surface area contributed by atoms with Gasteiger partial charge >= 0.3 is 0 Å². The minimum Gasteiger partial charge on any atom is -0.115 e. The van der Waals surface area contributed by atoms with Crippen LogP contribution in [0.5, 0.6) is 0 Å². The van der Waals surface area contributed by atoms with Crippen molar-refractivity contribution in [3.8, 4) is 49.4 Å². The van der Waals surface area contributed by atoms with Crippen LogP contribution in [0.25, 0.3) is 0 Å². The lowest BCUT2D eigenvalue weighted by atomic mass is 9.33. The van der Waals surface area contributed by atoms with Gasteiger partial charge in [0.1, 0.15) is 0 Å². The molecule has 0 amide bonds. The van der Waals surface area contributed by atoms with Gasteiger partial charge in [-0.05, 0) is 179 Å². The Balaban J connectivity index is 1.17. The summed E-state index contributed by atoms with van der Waals surface area (Å²) >= 11 is 0. The zero-order valence-corrected chi connectivity index (χ0v) is 30.6. The molecule has 0 nitrogen and oxygen atoms in total. The quantitative estimate of drug-likeness (QED) is 0.247. The molecule has 8 fully saturated rings. The highest BCUT2D eigenvalue weighted by atomic mass is 14.7. The molecule has 8 aliphatic rings. The highest BCUT2D eigenvalue weighted by Crippen LogP contribution is 2.76. The summed E-state index contributed by atoms with van der Waals surface area (Å²) in [7, 11) is 0. The van der Waals surface area contributed by atoms with Gasteiger partial charge in [0.15, 0.2) is 0 Å². The van der Waals surface area contributed by atoms with Gasteiger partial charge in [0.2, 0.25) is 0 Å². The van der Waals surface area contributed by atoms with E-state index in [2.05, 4.69) is 99.9 Å². The molecule has 0 radical (unpaired) electrons. The first-order chi connectivity index (χ1) is 23.6. The minimum atomic E-state index is 0.0786. The average molecular weight is 651 g/mol. The number of terminal acetylenes is 4. The molecule has 8 bridgehead atoms. The summed E-state index contributed by atoms with van der Waals surface area (Å²) in [6.45, 7) is 10.3. The van der Waals surface area contributed by atoms with Crippen LogP contribution in [0.15, 0.2) is 60.7 Å². The third-order valence-corrected chi connectivity index (χ3v) is 15.0. The van der Waals surface area contributed by atoms with E-state index < -0.39 is 0 Å². The van der Waals surface area contributed by atoms with Gasteiger partial charge in [-0.15, -0.1) is 25.7 Å². The molecule has 11 rings (SSSR count). The highest BCUT2D eigenvalue weighted by Gasteiger charge is 2.68. The lowest BCUT2D eigenvalue weighted by molar-refractivity contribution is -0.128. The maximum absolute atomic E-state index is 6.00. The van der Waals surface area contributed by atoms with Crippen LogP contribution < -0.4 is 0 Å². The summed E-state index contributed by atoms with van der Waals surface area (Å²) < 4.78 is 0. The maximum Gasteiger partial charge on any atom is 0.0257 e. The van der Waals surface area contributed by atoms with Crippen molar-refractivity contribution in [3.63, 3.8) is 0 Å². The van der Waals surface area contributed by atoms with Crippen LogP contribution in [0.3, 0.4) is 0 Å². The van der Waals surface area contributed by atoms with Crippen molar-refractivity contribution < 1.29 is 0 Å². The van der Waals surface area contributed by atoms with Crippen molar-refractivity contribution in [2.24, 2.45) is 21.7 Å². The van der Waals surface area contributed by atoms with Gasteiger partial charge in [0, 0.05) is 22.3 Å². The Morgan fingerprint density at radius 3 is 0.920 bits per heavy atom. The normalized spacial score (nSPS) is 41.6. The van der Waals surface area contributed by atoms with Gasteiger partial charge in [-0.25, -0.2) is 0 Å². The van der Waals surface area contributed by atoms with Crippen LogP contribution in [0, 0.1) is 71.0 Å². The standard InChI is InChI=1S/C50H50/c1-9-35-16-36(10-2)19-41(18-35)49-29-43(5)23-44(6,30-49)26-47(25-43,33-49)39-14-13-15-40(22-39)48-27-45(7)24-46(8,28-48)32-50(31-45,34-48)42-20-37(11-3)17-38(12-4)21-42/h1-4,13-22H,23-34H2,5-8H3. The summed E-state index contributed by atoms with van der Waals surface area (Å²) in [6.07, 6.45) is 38.9. The second-order valence-corrected chi connectivity index (χ2v) is 20.2. The Hall–Kier alpha value is -4.10. The Kier molecular flexibility index (Phi) is 6.25. The Morgan fingerprint density at radius 2 is 0.640 bits per heavy atom. The molecule has 0 aromatic heterocycles. The molecule has 50 heavy (non-hydrogen) atoms. The van der Waals surface area contributed by atoms with Crippen molar-refractivity contribution in [2.75, 3.05) is 0 Å². The molecule has 8 saturated carbocycles. The SMILES string of the molecule is C#Cc1cc(C#C)cc(C23CC4(C)CC(C)(C2)CC(c2cccc(C56CC7(C)CC(C)(CC(c8cc(C#C)cc(C#C)c8)(C7)C5)C6)c2)(C4)C3)c1. The van der Waals surface area contributed by atoms with Crippen molar-refractivity contribution >= 4 is 0 Å². The van der Waals surface area contributed by atoms with Crippen LogP contribution in [0.2, 0.25) is 0 Å². The van der Waals surface area contributed by atoms with E-state index in [1.165, 1.54) is 88.2 Å². The predicted octanol–water partition coefficient (Wildman–Crippen LogP) is 10.8. The molecule has 0 N–H and O–H groups in total. The van der Waals surface area contributed by atoms with E-state index in [-0.39, 0.29) is 43.3 Å². The molecule has 3 aromatic rings. The Morgan fingerprint density at radius 1 is 0.360 bits per heavy atom. The first kappa shape index (κ1) is 31.9. The number of rotatable bonds is 4. The Bertz CT molecular complexity index is 1910. The van der Waals surface area contributed by atoms with E-state index in [1.807, 2.05) is 12.1 Å². The van der Waals surface area contributed by atoms with Gasteiger partial charge in [-0.2, -0.15) is 0 Å². The molecule has 0 heterocycles. The number of hydrogen-bond acceptors (Lipinski definition) is 0. The molecule has 8 aliphatic carbocycles. The summed E-state index contributed by atoms with van der Waals surface area (Å²) in [4.78, 5) is 0. The van der Waals surface area contributed by atoms with Crippen molar-refractivity contribution in [3.05, 3.63) is 105 Å². The summed E-state index contributed by atoms with van der Waals surface area (Å²) in [6, 6.07) is 23.3. The molecule has 3 aromatic carbocycles. The first-order valence-corrected chi connectivity index (χ1v) is 18.9. The second kappa shape index (κ2) is 9.81. The predicted molar refractivity (Wildman–Crippen MR) is 206 cm³/mol. The van der Waals surface area contributed by atoms with Crippen LogP contribution in [-0.2, 0) is 21.7 Å². The van der Waals surface area contributed by atoms with E-state index in [1.54, 1.807) is 11.1 Å². The molecule has 250 valence electrons. The van der Waals surface area contributed by atoms with Crippen molar-refractivity contribution in [2.45, 2.75) is 126 Å². The second-order valence-electron chi connectivity index (χ2n) is 20.2.